The molecule has 0 N–H and O–H groups in total. The van der Waals surface area contributed by atoms with Crippen LogP contribution in [0.15, 0.2) is 53.2 Å². The van der Waals surface area contributed by atoms with Crippen LogP contribution in [0.3, 0.4) is 0 Å². The standard InChI is InChI=1S/C18H13Cl2NO3/c1-11-21-17(18(22)24-11)9-12-5-7-13(8-6-12)23-10-14-15(19)3-2-4-16(14)20/h2-9H,10H2,1H3/b17-9-. The van der Waals surface area contributed by atoms with Gasteiger partial charge in [-0.05, 0) is 35.9 Å². The monoisotopic (exact) mass is 361 g/mol. The second-order valence-corrected chi connectivity index (χ2v) is 5.92. The fraction of sp³-hybridized carbons (Fsp3) is 0.111. The molecule has 24 heavy (non-hydrogen) atoms. The number of ether oxygens (including phenoxy) is 2. The summed E-state index contributed by atoms with van der Waals surface area (Å²) in [5, 5.41) is 1.13. The molecule has 4 nitrogen and oxygen atoms in total. The van der Waals surface area contributed by atoms with E-state index in [9.17, 15) is 4.79 Å². The first-order valence-corrected chi connectivity index (χ1v) is 7.93. The molecular weight excluding hydrogens is 349 g/mol. The van der Waals surface area contributed by atoms with Gasteiger partial charge in [0.25, 0.3) is 0 Å². The van der Waals surface area contributed by atoms with Crippen LogP contribution >= 0.6 is 23.2 Å². The van der Waals surface area contributed by atoms with Gasteiger partial charge in [-0.1, -0.05) is 41.4 Å². The van der Waals surface area contributed by atoms with E-state index in [0.717, 1.165) is 11.1 Å². The van der Waals surface area contributed by atoms with Crippen LogP contribution in [0.2, 0.25) is 10.0 Å². The molecule has 0 fully saturated rings. The highest BCUT2D eigenvalue weighted by Gasteiger charge is 2.19. The van der Waals surface area contributed by atoms with Crippen LogP contribution in [0.5, 0.6) is 5.75 Å². The van der Waals surface area contributed by atoms with Gasteiger partial charge in [-0.2, -0.15) is 0 Å². The first kappa shape index (κ1) is 16.6. The molecule has 0 amide bonds. The Hall–Kier alpha value is -2.30. The smallest absolute Gasteiger partial charge is 0.363 e. The molecule has 122 valence electrons. The van der Waals surface area contributed by atoms with Crippen molar-refractivity contribution >= 4 is 41.1 Å². The number of carbonyl (C=O) groups excluding carboxylic acids is 1. The molecule has 2 aromatic carbocycles. The predicted molar refractivity (Wildman–Crippen MR) is 94.4 cm³/mol. The summed E-state index contributed by atoms with van der Waals surface area (Å²) in [6, 6.07) is 12.6. The van der Waals surface area contributed by atoms with Crippen LogP contribution < -0.4 is 4.74 Å². The van der Waals surface area contributed by atoms with E-state index in [1.54, 1.807) is 43.3 Å². The zero-order chi connectivity index (χ0) is 17.1. The Labute approximate surface area is 149 Å². The molecule has 0 aliphatic carbocycles. The molecule has 1 aliphatic heterocycles. The largest absolute Gasteiger partial charge is 0.489 e. The number of cyclic esters (lactones) is 1. The summed E-state index contributed by atoms with van der Waals surface area (Å²) in [5.74, 6) is 0.575. The maximum Gasteiger partial charge on any atom is 0.363 e. The molecule has 1 heterocycles. The van der Waals surface area contributed by atoms with E-state index in [1.807, 2.05) is 12.1 Å². The van der Waals surface area contributed by atoms with Crippen LogP contribution in [-0.2, 0) is 16.1 Å². The summed E-state index contributed by atoms with van der Waals surface area (Å²) >= 11 is 12.2. The van der Waals surface area contributed by atoms with Gasteiger partial charge < -0.3 is 9.47 Å². The lowest BCUT2D eigenvalue weighted by Gasteiger charge is -2.09. The lowest BCUT2D eigenvalue weighted by atomic mass is 10.2. The van der Waals surface area contributed by atoms with E-state index in [0.29, 0.717) is 21.7 Å². The van der Waals surface area contributed by atoms with E-state index in [-0.39, 0.29) is 12.3 Å². The van der Waals surface area contributed by atoms with Crippen LogP contribution in [0.1, 0.15) is 18.1 Å². The van der Waals surface area contributed by atoms with Gasteiger partial charge in [0.2, 0.25) is 0 Å². The van der Waals surface area contributed by atoms with E-state index < -0.39 is 5.97 Å². The average molecular weight is 362 g/mol. The molecule has 6 heteroatoms. The number of hydrogen-bond donors (Lipinski definition) is 0. The van der Waals surface area contributed by atoms with Gasteiger partial charge in [0.15, 0.2) is 11.6 Å². The van der Waals surface area contributed by atoms with Crippen molar-refractivity contribution in [3.63, 3.8) is 0 Å². The second-order valence-electron chi connectivity index (χ2n) is 5.11. The van der Waals surface area contributed by atoms with Crippen molar-refractivity contribution < 1.29 is 14.3 Å². The maximum atomic E-state index is 11.5. The van der Waals surface area contributed by atoms with Crippen LogP contribution in [0, 0.1) is 0 Å². The number of halogens is 2. The third-order valence-corrected chi connectivity index (χ3v) is 4.06. The molecule has 0 saturated heterocycles. The summed E-state index contributed by atoms with van der Waals surface area (Å²) in [5.41, 5.74) is 1.85. The number of carbonyl (C=O) groups is 1. The number of esters is 1. The molecule has 0 atom stereocenters. The third kappa shape index (κ3) is 3.78. The van der Waals surface area contributed by atoms with Gasteiger partial charge in [0, 0.05) is 22.5 Å². The molecule has 0 aromatic heterocycles. The van der Waals surface area contributed by atoms with Crippen molar-refractivity contribution in [1.82, 2.24) is 0 Å². The van der Waals surface area contributed by atoms with Crippen LogP contribution in [-0.4, -0.2) is 11.9 Å². The maximum absolute atomic E-state index is 11.5. The van der Waals surface area contributed by atoms with E-state index >= 15 is 0 Å². The molecular formula is C18H13Cl2NO3. The van der Waals surface area contributed by atoms with Gasteiger partial charge in [-0.15, -0.1) is 0 Å². The van der Waals surface area contributed by atoms with Gasteiger partial charge >= 0.3 is 5.97 Å². The number of hydrogen-bond acceptors (Lipinski definition) is 4. The Balaban J connectivity index is 1.69. The molecule has 0 bridgehead atoms. The molecule has 0 saturated carbocycles. The fourth-order valence-corrected chi connectivity index (χ4v) is 2.67. The Morgan fingerprint density at radius 3 is 2.38 bits per heavy atom. The summed E-state index contributed by atoms with van der Waals surface area (Å²) in [7, 11) is 0. The number of rotatable bonds is 4. The fourth-order valence-electron chi connectivity index (χ4n) is 2.16. The van der Waals surface area contributed by atoms with Crippen molar-refractivity contribution in [2.24, 2.45) is 4.99 Å². The van der Waals surface area contributed by atoms with Gasteiger partial charge in [0.1, 0.15) is 12.4 Å². The Morgan fingerprint density at radius 2 is 1.79 bits per heavy atom. The number of nitrogens with zero attached hydrogens (tertiary/aromatic N) is 1. The van der Waals surface area contributed by atoms with E-state index in [1.165, 1.54) is 0 Å². The SMILES string of the molecule is CC1=N/C(=C\c2ccc(OCc3c(Cl)cccc3Cl)cc2)C(=O)O1. The van der Waals surface area contributed by atoms with Crippen molar-refractivity contribution in [2.45, 2.75) is 13.5 Å². The lowest BCUT2D eigenvalue weighted by Crippen LogP contribution is -1.99. The van der Waals surface area contributed by atoms with Crippen molar-refractivity contribution in [3.8, 4) is 5.75 Å². The molecule has 0 radical (unpaired) electrons. The first-order valence-electron chi connectivity index (χ1n) is 7.18. The number of benzene rings is 2. The predicted octanol–water partition coefficient (Wildman–Crippen LogP) is 4.89. The molecule has 0 unspecified atom stereocenters. The van der Waals surface area contributed by atoms with Crippen LogP contribution in [0.25, 0.3) is 6.08 Å². The van der Waals surface area contributed by atoms with Gasteiger partial charge in [0.05, 0.1) is 0 Å². The Bertz CT molecular complexity index is 822. The van der Waals surface area contributed by atoms with E-state index in [2.05, 4.69) is 4.99 Å². The van der Waals surface area contributed by atoms with Crippen LogP contribution in [0.4, 0.5) is 0 Å². The minimum absolute atomic E-state index is 0.273. The average Bonchev–Trinajstić information content (AvgIpc) is 2.86. The molecule has 1 aliphatic rings. The first-order chi connectivity index (χ1) is 11.5. The van der Waals surface area contributed by atoms with Crippen molar-refractivity contribution in [3.05, 3.63) is 69.3 Å². The molecule has 3 rings (SSSR count). The minimum Gasteiger partial charge on any atom is -0.489 e. The summed E-state index contributed by atoms with van der Waals surface area (Å²) in [6.07, 6.45) is 1.66. The number of aliphatic imine (C=N–C) groups is 1. The lowest BCUT2D eigenvalue weighted by molar-refractivity contribution is -0.130. The van der Waals surface area contributed by atoms with Crippen molar-refractivity contribution in [1.29, 1.82) is 0 Å². The topological polar surface area (TPSA) is 47.9 Å². The van der Waals surface area contributed by atoms with Gasteiger partial charge in [-0.25, -0.2) is 9.79 Å². The highest BCUT2D eigenvalue weighted by molar-refractivity contribution is 6.35. The highest BCUT2D eigenvalue weighted by Crippen LogP contribution is 2.26. The van der Waals surface area contributed by atoms with Gasteiger partial charge in [-0.3, -0.25) is 0 Å². The zero-order valence-corrected chi connectivity index (χ0v) is 14.3. The zero-order valence-electron chi connectivity index (χ0n) is 12.8. The summed E-state index contributed by atoms with van der Waals surface area (Å²) in [6.45, 7) is 1.91. The summed E-state index contributed by atoms with van der Waals surface area (Å²) < 4.78 is 10.6. The Kier molecular flexibility index (Phi) is 4.88. The highest BCUT2D eigenvalue weighted by atomic mass is 35.5. The molecule has 0 spiro atoms. The second kappa shape index (κ2) is 7.07. The van der Waals surface area contributed by atoms with Crippen molar-refractivity contribution in [2.75, 3.05) is 0 Å². The minimum atomic E-state index is -0.443. The summed E-state index contributed by atoms with van der Waals surface area (Å²) in [4.78, 5) is 15.6. The Morgan fingerprint density at radius 1 is 1.12 bits per heavy atom. The quantitative estimate of drug-likeness (QED) is 0.575. The normalized spacial score (nSPS) is 15.4. The van der Waals surface area contributed by atoms with E-state index in [4.69, 9.17) is 32.7 Å². The third-order valence-electron chi connectivity index (χ3n) is 3.36. The molecule has 2 aromatic rings.